The molecule has 0 aromatic carbocycles. The highest BCUT2D eigenvalue weighted by Gasteiger charge is 1.92. The number of hydrogen-bond acceptors (Lipinski definition) is 1. The largest absolute Gasteiger partial charge is 0.250 e. The van der Waals surface area contributed by atoms with Gasteiger partial charge in [0, 0.05) is 0 Å². The van der Waals surface area contributed by atoms with Gasteiger partial charge in [0.1, 0.15) is 6.67 Å². The van der Waals surface area contributed by atoms with Crippen LogP contribution in [0.25, 0.3) is 0 Å². The Kier molecular flexibility index (Phi) is 2.39. The Morgan fingerprint density at radius 3 is 2.50 bits per heavy atom. The average molecular weight is 86.1 g/mol. The van der Waals surface area contributed by atoms with Gasteiger partial charge in [0.2, 0.25) is 0 Å². The predicted molar refractivity (Wildman–Crippen MR) is 20.4 cm³/mol. The quantitative estimate of drug-likeness (QED) is 0.465. The van der Waals surface area contributed by atoms with Crippen molar-refractivity contribution in [3.63, 3.8) is 0 Å². The molecular formula is C4H5FN. The van der Waals surface area contributed by atoms with Gasteiger partial charge in [0.05, 0.1) is 12.0 Å². The van der Waals surface area contributed by atoms with Crippen molar-refractivity contribution in [2.75, 3.05) is 6.67 Å². The lowest BCUT2D eigenvalue weighted by Gasteiger charge is -1.83. The van der Waals surface area contributed by atoms with Crippen LogP contribution in [0.15, 0.2) is 0 Å². The molecule has 1 atom stereocenters. The summed E-state index contributed by atoms with van der Waals surface area (Å²) >= 11 is 0. The van der Waals surface area contributed by atoms with Gasteiger partial charge in [-0.2, -0.15) is 5.26 Å². The zero-order valence-corrected chi connectivity index (χ0v) is 3.32. The molecule has 0 bridgehead atoms. The number of hydrogen-bond donors (Lipinski definition) is 0. The van der Waals surface area contributed by atoms with Gasteiger partial charge in [-0.25, -0.2) is 4.39 Å². The molecular weight excluding hydrogens is 81.0 g/mol. The Morgan fingerprint density at radius 1 is 2.00 bits per heavy atom. The van der Waals surface area contributed by atoms with Gasteiger partial charge in [-0.1, -0.05) is 0 Å². The molecule has 33 valence electrons. The van der Waals surface area contributed by atoms with Crippen LogP contribution >= 0.6 is 0 Å². The molecule has 0 aliphatic rings. The van der Waals surface area contributed by atoms with Gasteiger partial charge in [0.15, 0.2) is 0 Å². The first kappa shape index (κ1) is 5.42. The summed E-state index contributed by atoms with van der Waals surface area (Å²) in [5.74, 6) is -0.676. The summed E-state index contributed by atoms with van der Waals surface area (Å²) in [5.41, 5.74) is 0. The normalized spacial score (nSPS) is 12.8. The topological polar surface area (TPSA) is 23.8 Å². The summed E-state index contributed by atoms with van der Waals surface area (Å²) in [6, 6.07) is 1.63. The Hall–Kier alpha value is -0.580. The van der Waals surface area contributed by atoms with E-state index in [1.165, 1.54) is 0 Å². The maximum Gasteiger partial charge on any atom is 0.105 e. The highest BCUT2D eigenvalue weighted by atomic mass is 19.1. The molecule has 6 heavy (non-hydrogen) atoms. The van der Waals surface area contributed by atoms with E-state index in [9.17, 15) is 4.39 Å². The molecule has 0 N–H and O–H groups in total. The number of halogens is 1. The van der Waals surface area contributed by atoms with Crippen LogP contribution in [0.2, 0.25) is 0 Å². The Morgan fingerprint density at radius 2 is 2.50 bits per heavy atom. The second-order valence-corrected chi connectivity index (χ2v) is 0.980. The van der Waals surface area contributed by atoms with Crippen LogP contribution in [0.4, 0.5) is 4.39 Å². The summed E-state index contributed by atoms with van der Waals surface area (Å²) in [7, 11) is 0. The molecule has 2 heteroatoms. The summed E-state index contributed by atoms with van der Waals surface area (Å²) in [6.45, 7) is 2.50. The lowest BCUT2D eigenvalue weighted by molar-refractivity contribution is 0.455. The maximum atomic E-state index is 11.1. The van der Waals surface area contributed by atoms with Crippen molar-refractivity contribution in [2.45, 2.75) is 0 Å². The number of nitriles is 1. The third-order valence-corrected chi connectivity index (χ3v) is 0.369. The van der Waals surface area contributed by atoms with Gasteiger partial charge >= 0.3 is 0 Å². The zero-order valence-electron chi connectivity index (χ0n) is 3.32. The molecule has 0 aromatic heterocycles. The first-order valence-electron chi connectivity index (χ1n) is 1.60. The van der Waals surface area contributed by atoms with E-state index in [-0.39, 0.29) is 0 Å². The fourth-order valence-electron chi connectivity index (χ4n) is 0.0345. The minimum atomic E-state index is -0.676. The van der Waals surface area contributed by atoms with Crippen LogP contribution in [0.1, 0.15) is 0 Å². The fourth-order valence-corrected chi connectivity index (χ4v) is 0.0345. The van der Waals surface area contributed by atoms with E-state index >= 15 is 0 Å². The van der Waals surface area contributed by atoms with E-state index in [4.69, 9.17) is 5.26 Å². The van der Waals surface area contributed by atoms with E-state index in [0.717, 1.165) is 0 Å². The molecule has 0 spiro atoms. The highest BCUT2D eigenvalue weighted by Crippen LogP contribution is 1.87. The lowest BCUT2D eigenvalue weighted by atomic mass is 10.2. The molecule has 0 aliphatic heterocycles. The minimum Gasteiger partial charge on any atom is -0.250 e. The smallest absolute Gasteiger partial charge is 0.105 e. The molecule has 0 saturated carbocycles. The summed E-state index contributed by atoms with van der Waals surface area (Å²) < 4.78 is 11.1. The van der Waals surface area contributed by atoms with E-state index < -0.39 is 12.6 Å². The van der Waals surface area contributed by atoms with E-state index in [1.807, 2.05) is 0 Å². The zero-order chi connectivity index (χ0) is 4.99. The van der Waals surface area contributed by atoms with E-state index in [2.05, 4.69) is 6.92 Å². The third kappa shape index (κ3) is 1.71. The average Bonchev–Trinajstić information content (AvgIpc) is 1.65. The van der Waals surface area contributed by atoms with Gasteiger partial charge in [-0.05, 0) is 6.92 Å². The van der Waals surface area contributed by atoms with Crippen molar-refractivity contribution >= 4 is 0 Å². The van der Waals surface area contributed by atoms with Crippen LogP contribution in [-0.4, -0.2) is 6.67 Å². The van der Waals surface area contributed by atoms with Crippen LogP contribution in [0.3, 0.4) is 0 Å². The standard InChI is InChI=1S/C4H5FN/c1-4(2-5)3-6/h4H,1-2H2. The van der Waals surface area contributed by atoms with E-state index in [1.54, 1.807) is 6.07 Å². The first-order valence-corrected chi connectivity index (χ1v) is 1.60. The number of alkyl halides is 1. The maximum absolute atomic E-state index is 11.1. The molecule has 0 amide bonds. The van der Waals surface area contributed by atoms with Crippen molar-refractivity contribution in [1.29, 1.82) is 5.26 Å². The second-order valence-electron chi connectivity index (χ2n) is 0.980. The fraction of sp³-hybridized carbons (Fsp3) is 0.500. The van der Waals surface area contributed by atoms with Crippen LogP contribution < -0.4 is 0 Å². The second kappa shape index (κ2) is 2.65. The molecule has 0 fully saturated rings. The van der Waals surface area contributed by atoms with Gasteiger partial charge in [-0.15, -0.1) is 0 Å². The first-order chi connectivity index (χ1) is 2.81. The van der Waals surface area contributed by atoms with Gasteiger partial charge in [-0.3, -0.25) is 0 Å². The Bertz CT molecular complexity index is 64.4. The molecule has 1 nitrogen and oxygen atoms in total. The van der Waals surface area contributed by atoms with Gasteiger partial charge in [0.25, 0.3) is 0 Å². The third-order valence-electron chi connectivity index (χ3n) is 0.369. The van der Waals surface area contributed by atoms with Gasteiger partial charge < -0.3 is 0 Å². The van der Waals surface area contributed by atoms with Crippen LogP contribution in [-0.2, 0) is 0 Å². The minimum absolute atomic E-state index is 0.642. The lowest BCUT2D eigenvalue weighted by Crippen LogP contribution is -1.89. The van der Waals surface area contributed by atoms with Crippen molar-refractivity contribution in [1.82, 2.24) is 0 Å². The van der Waals surface area contributed by atoms with Crippen LogP contribution in [0.5, 0.6) is 0 Å². The monoisotopic (exact) mass is 86.0 g/mol. The summed E-state index contributed by atoms with van der Waals surface area (Å²) in [5, 5.41) is 7.78. The number of rotatable bonds is 1. The van der Waals surface area contributed by atoms with Crippen molar-refractivity contribution in [3.8, 4) is 6.07 Å². The Balaban J connectivity index is 3.04. The molecule has 0 aliphatic carbocycles. The molecule has 0 rings (SSSR count). The molecule has 1 radical (unpaired) electrons. The van der Waals surface area contributed by atoms with Crippen molar-refractivity contribution in [2.24, 2.45) is 5.92 Å². The Labute approximate surface area is 36.4 Å². The van der Waals surface area contributed by atoms with Crippen molar-refractivity contribution < 1.29 is 4.39 Å². The molecule has 0 heterocycles. The predicted octanol–water partition coefficient (Wildman–Crippen LogP) is 0.930. The van der Waals surface area contributed by atoms with Crippen LogP contribution in [0, 0.1) is 24.2 Å². The summed E-state index contributed by atoms with van der Waals surface area (Å²) in [4.78, 5) is 0. The van der Waals surface area contributed by atoms with Crippen molar-refractivity contribution in [3.05, 3.63) is 6.92 Å². The summed E-state index contributed by atoms with van der Waals surface area (Å²) in [6.07, 6.45) is 0. The molecule has 1 unspecified atom stereocenters. The molecule has 0 saturated heterocycles. The number of nitrogens with zero attached hydrogens (tertiary/aromatic N) is 1. The van der Waals surface area contributed by atoms with E-state index in [0.29, 0.717) is 0 Å². The molecule has 0 aromatic rings. The SMILES string of the molecule is [CH2]C(C#N)CF. The highest BCUT2D eigenvalue weighted by molar-refractivity contribution is 4.83.